The first-order valence-electron chi connectivity index (χ1n) is 23.0. The van der Waals surface area contributed by atoms with Crippen molar-refractivity contribution in [3.05, 3.63) is 190 Å². The number of esters is 1. The number of hydrogen-bond acceptors (Lipinski definition) is 14. The molecule has 14 nitrogen and oxygen atoms in total. The third-order valence-corrected chi connectivity index (χ3v) is 13.6. The van der Waals surface area contributed by atoms with Gasteiger partial charge >= 0.3 is 29.7 Å². The molecule has 0 unspecified atom stereocenters. The predicted octanol–water partition coefficient (Wildman–Crippen LogP) is 12.9. The number of amides is 2. The number of carbonyl (C=O) groups is 5. The molecule has 0 bridgehead atoms. The molecular formula is C57H46Cl2N2O12S2. The van der Waals surface area contributed by atoms with Crippen molar-refractivity contribution in [2.24, 2.45) is 9.98 Å². The number of ketones is 1. The first-order valence-corrected chi connectivity index (χ1v) is 25.3. The van der Waals surface area contributed by atoms with Crippen molar-refractivity contribution in [2.75, 3.05) is 38.6 Å². The van der Waals surface area contributed by atoms with E-state index in [0.717, 1.165) is 34.0 Å². The molecule has 382 valence electrons. The molecule has 0 radical (unpaired) electrons. The average molecular weight is 1090 g/mol. The summed E-state index contributed by atoms with van der Waals surface area (Å²) >= 11 is 15.8. The van der Waals surface area contributed by atoms with E-state index in [0.29, 0.717) is 6.42 Å². The number of halogens is 2. The number of aliphatic hydroxyl groups excluding tert-OH is 1. The fourth-order valence-electron chi connectivity index (χ4n) is 8.86. The number of methoxy groups -OCH3 is 1. The Morgan fingerprint density at radius 3 is 1.24 bits per heavy atom. The SMILES string of the molecule is CCC(=O)CCl.COC(=O)C1=C(O)CSC1=NC(=O)OCC1c2ccccc2-c2ccccc21.O=C(Cl)OCC1c2ccccc2-c2ccccc21.O=C(N=C=S)OCC1c2ccccc2-c2ccccc21.O=C=O. The van der Waals surface area contributed by atoms with Gasteiger partial charge in [0.25, 0.3) is 0 Å². The molecule has 6 aromatic carbocycles. The Morgan fingerprint density at radius 2 is 0.947 bits per heavy atom. The molecule has 1 aliphatic heterocycles. The minimum atomic E-state index is -0.805. The summed E-state index contributed by atoms with van der Waals surface area (Å²) in [6.45, 7) is 2.48. The van der Waals surface area contributed by atoms with Gasteiger partial charge in [-0.25, -0.2) is 19.2 Å². The van der Waals surface area contributed by atoms with Crippen molar-refractivity contribution in [1.82, 2.24) is 0 Å². The second-order valence-electron chi connectivity index (χ2n) is 16.2. The summed E-state index contributed by atoms with van der Waals surface area (Å²) in [6.07, 6.45) is -0.689. The average Bonchev–Trinajstić information content (AvgIpc) is 4.16. The Kier molecular flexibility index (Phi) is 21.1. The van der Waals surface area contributed by atoms with Crippen molar-refractivity contribution >= 4 is 92.9 Å². The zero-order valence-corrected chi connectivity index (χ0v) is 43.4. The van der Waals surface area contributed by atoms with Gasteiger partial charge in [-0.1, -0.05) is 164 Å². The summed E-state index contributed by atoms with van der Waals surface area (Å²) in [5.41, 5.74) is 13.2. The van der Waals surface area contributed by atoms with E-state index < -0.39 is 23.6 Å². The molecule has 0 atom stereocenters. The van der Waals surface area contributed by atoms with Gasteiger partial charge in [-0.3, -0.25) is 4.79 Å². The Morgan fingerprint density at radius 1 is 0.613 bits per heavy atom. The Hall–Kier alpha value is -7.81. The topological polar surface area (TPSA) is 201 Å². The fourth-order valence-corrected chi connectivity index (χ4v) is 10.1. The first kappa shape index (κ1) is 56.5. The molecule has 6 aromatic rings. The summed E-state index contributed by atoms with van der Waals surface area (Å²) in [6, 6.07) is 48.8. The van der Waals surface area contributed by atoms with Crippen LogP contribution in [0.15, 0.2) is 167 Å². The number of benzene rings is 6. The summed E-state index contributed by atoms with van der Waals surface area (Å²) in [4.78, 5) is 79.6. The molecule has 0 fully saturated rings. The summed E-state index contributed by atoms with van der Waals surface area (Å²) in [5, 5.41) is 11.9. The molecule has 1 N–H and O–H groups in total. The maximum atomic E-state index is 12.3. The van der Waals surface area contributed by atoms with Gasteiger partial charge in [0.05, 0.1) is 23.9 Å². The second kappa shape index (κ2) is 28.0. The zero-order chi connectivity index (χ0) is 53.9. The molecule has 75 heavy (non-hydrogen) atoms. The number of hydrogen-bond donors (Lipinski definition) is 1. The van der Waals surface area contributed by atoms with Crippen LogP contribution in [0.3, 0.4) is 0 Å². The third-order valence-electron chi connectivity index (χ3n) is 12.1. The lowest BCUT2D eigenvalue weighted by Crippen LogP contribution is -2.14. The number of thiocarbonyl (C=S) groups is 1. The van der Waals surface area contributed by atoms with Crippen LogP contribution in [0, 0.1) is 0 Å². The molecule has 1 heterocycles. The first-order chi connectivity index (χ1) is 36.4. The molecule has 0 spiro atoms. The normalized spacial score (nSPS) is 13.4. The summed E-state index contributed by atoms with van der Waals surface area (Å²) in [5.74, 6) is -0.383. The van der Waals surface area contributed by atoms with E-state index in [1.807, 2.05) is 90.1 Å². The number of ether oxygens (including phenoxy) is 4. The summed E-state index contributed by atoms with van der Waals surface area (Å²) in [7, 11) is 1.20. The number of alkyl halides is 1. The number of aliphatic imine (C=N–C) groups is 2. The minimum Gasteiger partial charge on any atom is -0.510 e. The number of Topliss-reactive ketones (excluding diaryl/α,β-unsaturated/α-hetero) is 1. The van der Waals surface area contributed by atoms with Crippen molar-refractivity contribution < 1.29 is 57.6 Å². The predicted molar refractivity (Wildman–Crippen MR) is 289 cm³/mol. The van der Waals surface area contributed by atoms with Crippen LogP contribution in [0.1, 0.15) is 64.5 Å². The van der Waals surface area contributed by atoms with Crippen LogP contribution >= 0.6 is 47.2 Å². The smallest absolute Gasteiger partial charge is 0.442 e. The highest BCUT2D eigenvalue weighted by molar-refractivity contribution is 8.15. The van der Waals surface area contributed by atoms with Gasteiger partial charge in [-0.2, -0.15) is 14.6 Å². The van der Waals surface area contributed by atoms with Crippen molar-refractivity contribution in [3.63, 3.8) is 0 Å². The molecule has 0 aromatic heterocycles. The lowest BCUT2D eigenvalue weighted by molar-refractivity contribution is -0.191. The van der Waals surface area contributed by atoms with E-state index in [-0.39, 0.29) is 77.5 Å². The third kappa shape index (κ3) is 14.1. The van der Waals surface area contributed by atoms with Gasteiger partial charge in [-0.05, 0) is 79.0 Å². The highest BCUT2D eigenvalue weighted by Crippen LogP contribution is 2.47. The van der Waals surface area contributed by atoms with Crippen LogP contribution in [0.4, 0.5) is 14.4 Å². The van der Waals surface area contributed by atoms with Crippen molar-refractivity contribution in [3.8, 4) is 33.4 Å². The zero-order valence-electron chi connectivity index (χ0n) is 40.2. The van der Waals surface area contributed by atoms with Gasteiger partial charge in [-0.15, -0.1) is 16.6 Å². The van der Waals surface area contributed by atoms with E-state index in [1.54, 1.807) is 6.92 Å². The Labute approximate surface area is 451 Å². The number of isothiocyanates is 1. The largest absolute Gasteiger partial charge is 0.510 e. The van der Waals surface area contributed by atoms with Gasteiger partial charge in [0.2, 0.25) is 0 Å². The second-order valence-corrected chi connectivity index (χ2v) is 17.9. The molecular weight excluding hydrogens is 1040 g/mol. The standard InChI is InChI=1S/C21H17NO5S.C16H11NO2S.C15H11ClO2.C4H7ClO.CO2/c1-26-20(24)18-17(23)11-28-19(18)22-21(25)27-10-16-14-8-4-2-6-12(14)13-7-3-5-9-15(13)16;18-16(17-10-20)19-9-15-13-7-3-1-5-11(13)12-6-2-4-8-14(12)15;16-15(17)18-9-14-12-7-3-1-5-10(12)11-6-2-4-8-13(11)14;1-2-4(6)3-5;2-1-3/h2-9,16,23H,10-11H2,1H3;1-8,15H,9H2;1-8,14H,9H2;2-3H2,1H3;. The number of thioether (sulfide) groups is 1. The van der Waals surface area contributed by atoms with E-state index >= 15 is 0 Å². The summed E-state index contributed by atoms with van der Waals surface area (Å²) < 4.78 is 20.1. The number of rotatable bonds is 9. The van der Waals surface area contributed by atoms with E-state index in [4.69, 9.17) is 47.0 Å². The molecule has 0 saturated carbocycles. The number of aliphatic hydroxyl groups is 1. The van der Waals surface area contributed by atoms with Gasteiger partial charge in [0, 0.05) is 35.8 Å². The fraction of sp³-hybridized carbons (Fsp3) is 0.193. The van der Waals surface area contributed by atoms with E-state index in [2.05, 4.69) is 87.6 Å². The molecule has 2 amide bonds. The number of carbonyl (C=O) groups excluding carboxylic acids is 7. The van der Waals surface area contributed by atoms with Crippen LogP contribution in [0.5, 0.6) is 0 Å². The monoisotopic (exact) mass is 1080 g/mol. The lowest BCUT2D eigenvalue weighted by atomic mass is 9.98. The Balaban J connectivity index is 0.000000173. The van der Waals surface area contributed by atoms with Crippen molar-refractivity contribution in [2.45, 2.75) is 31.1 Å². The van der Waals surface area contributed by atoms with Crippen molar-refractivity contribution in [1.29, 1.82) is 0 Å². The van der Waals surface area contributed by atoms with E-state index in [1.165, 1.54) is 51.6 Å². The van der Waals surface area contributed by atoms with Gasteiger partial charge in [0.1, 0.15) is 42.0 Å². The van der Waals surface area contributed by atoms with E-state index in [9.17, 15) is 29.1 Å². The number of fused-ring (bicyclic) bond motifs is 9. The van der Waals surface area contributed by atoms with Crippen LogP contribution < -0.4 is 0 Å². The minimum absolute atomic E-state index is 0.0478. The quantitative estimate of drug-likeness (QED) is 0.0358. The van der Waals surface area contributed by atoms with Crippen LogP contribution in [-0.2, 0) is 38.1 Å². The van der Waals surface area contributed by atoms with Gasteiger partial charge in [0.15, 0.2) is 0 Å². The molecule has 18 heteroatoms. The van der Waals surface area contributed by atoms with Crippen LogP contribution in [0.2, 0.25) is 0 Å². The highest BCUT2D eigenvalue weighted by atomic mass is 35.5. The molecule has 10 rings (SSSR count). The molecule has 4 aliphatic rings. The van der Waals surface area contributed by atoms with Crippen LogP contribution in [-0.4, -0.2) is 89.4 Å². The lowest BCUT2D eigenvalue weighted by Gasteiger charge is -2.13. The van der Waals surface area contributed by atoms with Crippen LogP contribution in [0.25, 0.3) is 33.4 Å². The molecule has 3 aliphatic carbocycles. The highest BCUT2D eigenvalue weighted by Gasteiger charge is 2.33. The maximum Gasteiger partial charge on any atom is 0.442 e. The van der Waals surface area contributed by atoms with Gasteiger partial charge < -0.3 is 24.1 Å². The Bertz CT molecular complexity index is 3100. The maximum absolute atomic E-state index is 12.3. The molecule has 0 saturated heterocycles. The number of nitrogens with zero attached hydrogens (tertiary/aromatic N) is 2.